The van der Waals surface area contributed by atoms with E-state index in [1.807, 2.05) is 0 Å². The zero-order chi connectivity index (χ0) is 15.6. The molecule has 0 nitrogen and oxygen atoms in total. The Balaban J connectivity index is 0. The van der Waals surface area contributed by atoms with Crippen LogP contribution in [0.4, 0.5) is 0 Å². The summed E-state index contributed by atoms with van der Waals surface area (Å²) in [4.78, 5) is 0. The van der Waals surface area contributed by atoms with Crippen LogP contribution in [-0.4, -0.2) is 18.3 Å². The second-order valence-corrected chi connectivity index (χ2v) is 9.37. The summed E-state index contributed by atoms with van der Waals surface area (Å²) in [5.74, 6) is 1.46. The molecular formula is C20H43ClS. The van der Waals surface area contributed by atoms with E-state index in [-0.39, 0.29) is 12.4 Å². The summed E-state index contributed by atoms with van der Waals surface area (Å²) >= 11 is 0. The molecule has 0 aromatic heterocycles. The van der Waals surface area contributed by atoms with E-state index in [4.69, 9.17) is 0 Å². The van der Waals surface area contributed by atoms with Crippen molar-refractivity contribution in [3.05, 3.63) is 0 Å². The van der Waals surface area contributed by atoms with Crippen molar-refractivity contribution < 1.29 is 12.4 Å². The van der Waals surface area contributed by atoms with Crippen molar-refractivity contribution in [2.45, 2.75) is 110 Å². The lowest BCUT2D eigenvalue weighted by Gasteiger charge is -2.03. The van der Waals surface area contributed by atoms with Crippen molar-refractivity contribution in [2.75, 3.05) is 18.3 Å². The summed E-state index contributed by atoms with van der Waals surface area (Å²) in [5.41, 5.74) is 0. The Morgan fingerprint density at radius 2 is 0.727 bits per heavy atom. The van der Waals surface area contributed by atoms with Crippen LogP contribution in [0.5, 0.6) is 0 Å². The molecule has 0 aliphatic carbocycles. The van der Waals surface area contributed by atoms with Gasteiger partial charge in [-0.1, -0.05) is 96.8 Å². The molecule has 0 saturated heterocycles. The number of halogens is 1. The molecular weight excluding hydrogens is 308 g/mol. The Morgan fingerprint density at radius 1 is 0.455 bits per heavy atom. The van der Waals surface area contributed by atoms with Gasteiger partial charge in [0.25, 0.3) is 0 Å². The number of hydrogen-bond donors (Lipinski definition) is 0. The minimum Gasteiger partial charge on any atom is -1.00 e. The lowest BCUT2D eigenvalue weighted by molar-refractivity contribution is -0.00000483. The Labute approximate surface area is 151 Å². The van der Waals surface area contributed by atoms with E-state index in [1.54, 1.807) is 0 Å². The highest BCUT2D eigenvalue weighted by Gasteiger charge is 2.00. The van der Waals surface area contributed by atoms with Gasteiger partial charge in [-0.3, -0.25) is 0 Å². The Kier molecular flexibility index (Phi) is 24.5. The molecule has 0 aliphatic rings. The molecule has 136 valence electrons. The van der Waals surface area contributed by atoms with Gasteiger partial charge in [0.15, 0.2) is 0 Å². The maximum Gasteiger partial charge on any atom is 0.107 e. The SMILES string of the molecule is CCCCCCCCCCCCCCCCCC[S+](C)C.[Cl-]. The standard InChI is InChI=1S/C20H43S.ClH/c1-4-5-6-7-8-9-10-11-12-13-14-15-16-17-18-19-20-21(2)3;/h4-20H2,1-3H3;1H/q+1;/p-1. The summed E-state index contributed by atoms with van der Waals surface area (Å²) in [7, 11) is 0.667. The average molecular weight is 351 g/mol. The van der Waals surface area contributed by atoms with Gasteiger partial charge in [-0.25, -0.2) is 0 Å². The lowest BCUT2D eigenvalue weighted by Crippen LogP contribution is -3.00. The molecule has 0 N–H and O–H groups in total. The van der Waals surface area contributed by atoms with Crippen molar-refractivity contribution >= 4 is 10.9 Å². The van der Waals surface area contributed by atoms with E-state index in [1.165, 1.54) is 108 Å². The Hall–Kier alpha value is 0.640. The Morgan fingerprint density at radius 3 is 1.00 bits per heavy atom. The van der Waals surface area contributed by atoms with Crippen molar-refractivity contribution in [3.63, 3.8) is 0 Å². The molecule has 0 radical (unpaired) electrons. The van der Waals surface area contributed by atoms with Gasteiger partial charge in [-0.2, -0.15) is 0 Å². The van der Waals surface area contributed by atoms with Gasteiger partial charge in [-0.05, 0) is 23.7 Å². The summed E-state index contributed by atoms with van der Waals surface area (Å²) in [6, 6.07) is 0. The van der Waals surface area contributed by atoms with Gasteiger partial charge in [0.2, 0.25) is 0 Å². The molecule has 0 spiro atoms. The molecule has 0 aromatic rings. The molecule has 0 rings (SSSR count). The first kappa shape index (κ1) is 24.9. The van der Waals surface area contributed by atoms with Crippen LogP contribution in [0.25, 0.3) is 0 Å². The predicted molar refractivity (Wildman–Crippen MR) is 104 cm³/mol. The van der Waals surface area contributed by atoms with Gasteiger partial charge in [-0.15, -0.1) is 0 Å². The maximum atomic E-state index is 2.37. The van der Waals surface area contributed by atoms with Crippen LogP contribution in [0.15, 0.2) is 0 Å². The van der Waals surface area contributed by atoms with E-state index in [9.17, 15) is 0 Å². The van der Waals surface area contributed by atoms with Gasteiger partial charge in [0.1, 0.15) is 5.75 Å². The topological polar surface area (TPSA) is 0 Å². The highest BCUT2D eigenvalue weighted by Crippen LogP contribution is 2.13. The van der Waals surface area contributed by atoms with Gasteiger partial charge < -0.3 is 12.4 Å². The maximum absolute atomic E-state index is 2.37. The molecule has 2 heteroatoms. The normalized spacial score (nSPS) is 10.9. The van der Waals surface area contributed by atoms with Gasteiger partial charge in [0.05, 0.1) is 12.5 Å². The van der Waals surface area contributed by atoms with Crippen molar-refractivity contribution in [2.24, 2.45) is 0 Å². The van der Waals surface area contributed by atoms with Crippen LogP contribution >= 0.6 is 0 Å². The lowest BCUT2D eigenvalue weighted by atomic mass is 10.0. The van der Waals surface area contributed by atoms with Crippen LogP contribution in [0.3, 0.4) is 0 Å². The molecule has 0 aliphatic heterocycles. The molecule has 22 heavy (non-hydrogen) atoms. The first-order valence-corrected chi connectivity index (χ1v) is 12.0. The molecule has 0 atom stereocenters. The van der Waals surface area contributed by atoms with E-state index >= 15 is 0 Å². The molecule has 0 amide bonds. The van der Waals surface area contributed by atoms with E-state index in [0.717, 1.165) is 0 Å². The van der Waals surface area contributed by atoms with E-state index in [0.29, 0.717) is 10.9 Å². The third-order valence-corrected chi connectivity index (χ3v) is 5.51. The summed E-state index contributed by atoms with van der Waals surface area (Å²) in [6.07, 6.45) is 28.3. The third kappa shape index (κ3) is 22.9. The van der Waals surface area contributed by atoms with Gasteiger partial charge >= 0.3 is 0 Å². The van der Waals surface area contributed by atoms with Crippen LogP contribution < -0.4 is 12.4 Å². The quantitative estimate of drug-likeness (QED) is 0.273. The van der Waals surface area contributed by atoms with Crippen LogP contribution in [0.2, 0.25) is 0 Å². The molecule has 0 bridgehead atoms. The highest BCUT2D eigenvalue weighted by atomic mass is 35.5. The highest BCUT2D eigenvalue weighted by molar-refractivity contribution is 7.95. The molecule has 0 fully saturated rings. The second kappa shape index (κ2) is 21.6. The van der Waals surface area contributed by atoms with E-state index < -0.39 is 0 Å². The summed E-state index contributed by atoms with van der Waals surface area (Å²) in [5, 5.41) is 0. The number of rotatable bonds is 17. The third-order valence-electron chi connectivity index (χ3n) is 4.41. The number of unbranched alkanes of at least 4 members (excludes halogenated alkanes) is 15. The van der Waals surface area contributed by atoms with Crippen LogP contribution in [-0.2, 0) is 10.9 Å². The van der Waals surface area contributed by atoms with Crippen molar-refractivity contribution in [1.29, 1.82) is 0 Å². The second-order valence-electron chi connectivity index (χ2n) is 6.99. The fraction of sp³-hybridized carbons (Fsp3) is 1.00. The monoisotopic (exact) mass is 350 g/mol. The largest absolute Gasteiger partial charge is 1.00 e. The first-order valence-electron chi connectivity index (χ1n) is 9.81. The molecule has 0 aromatic carbocycles. The minimum absolute atomic E-state index is 0. The van der Waals surface area contributed by atoms with Crippen LogP contribution in [0, 0.1) is 0 Å². The first-order chi connectivity index (χ1) is 10.3. The fourth-order valence-electron chi connectivity index (χ4n) is 2.94. The van der Waals surface area contributed by atoms with Crippen LogP contribution in [0.1, 0.15) is 110 Å². The van der Waals surface area contributed by atoms with E-state index in [2.05, 4.69) is 19.4 Å². The summed E-state index contributed by atoms with van der Waals surface area (Å²) < 4.78 is 0. The van der Waals surface area contributed by atoms with Crippen molar-refractivity contribution in [1.82, 2.24) is 0 Å². The van der Waals surface area contributed by atoms with Gasteiger partial charge in [0, 0.05) is 0 Å². The number of hydrogen-bond acceptors (Lipinski definition) is 0. The minimum atomic E-state index is 0. The summed E-state index contributed by atoms with van der Waals surface area (Å²) in [6.45, 7) is 2.30. The molecule has 0 saturated carbocycles. The average Bonchev–Trinajstić information content (AvgIpc) is 2.46. The van der Waals surface area contributed by atoms with Crippen molar-refractivity contribution in [3.8, 4) is 0 Å². The Bertz CT molecular complexity index is 183. The molecule has 0 unspecified atom stereocenters. The zero-order valence-corrected chi connectivity index (χ0v) is 17.4. The molecule has 0 heterocycles. The smallest absolute Gasteiger partial charge is 0.107 e. The fourth-order valence-corrected chi connectivity index (χ4v) is 3.72. The predicted octanol–water partition coefficient (Wildman–Crippen LogP) is 4.13. The zero-order valence-electron chi connectivity index (χ0n) is 15.8.